The normalized spacial score (nSPS) is 11.4. The zero-order chi connectivity index (χ0) is 18.4. The van der Waals surface area contributed by atoms with E-state index in [1.54, 1.807) is 24.3 Å². The van der Waals surface area contributed by atoms with E-state index in [0.29, 0.717) is 5.02 Å². The van der Waals surface area contributed by atoms with Gasteiger partial charge in [0, 0.05) is 18.1 Å². The van der Waals surface area contributed by atoms with Crippen molar-refractivity contribution < 1.29 is 23.1 Å². The maximum absolute atomic E-state index is 13.1. The van der Waals surface area contributed by atoms with Crippen molar-refractivity contribution in [3.05, 3.63) is 70.2 Å². The van der Waals surface area contributed by atoms with Gasteiger partial charge in [0.15, 0.2) is 0 Å². The van der Waals surface area contributed by atoms with Crippen LogP contribution in [0, 0.1) is 0 Å². The Morgan fingerprint density at radius 1 is 1.12 bits per heavy atom. The Labute approximate surface area is 148 Å². The first-order chi connectivity index (χ1) is 11.8. The summed E-state index contributed by atoms with van der Waals surface area (Å²) < 4.78 is 39.2. The lowest BCUT2D eigenvalue weighted by molar-refractivity contribution is -0.138. The molecule has 0 saturated carbocycles. The number of carbonyl (C=O) groups excluding carboxylic acids is 1. The summed E-state index contributed by atoms with van der Waals surface area (Å²) in [5.41, 5.74) is -0.178. The number of alkyl halides is 3. The molecular formula is C18H17ClF3NO2. The van der Waals surface area contributed by atoms with Gasteiger partial charge < -0.3 is 10.0 Å². The van der Waals surface area contributed by atoms with Gasteiger partial charge in [-0.25, -0.2) is 0 Å². The number of carbonyl (C=O) groups is 1. The zero-order valence-corrected chi connectivity index (χ0v) is 14.0. The number of aliphatic hydroxyl groups excluding tert-OH is 1. The predicted octanol–water partition coefficient (Wildman–Crippen LogP) is 3.92. The van der Waals surface area contributed by atoms with Crippen LogP contribution in [0.15, 0.2) is 48.5 Å². The molecule has 2 rings (SSSR count). The molecular weight excluding hydrogens is 355 g/mol. The van der Waals surface area contributed by atoms with Crippen molar-refractivity contribution >= 4 is 17.5 Å². The van der Waals surface area contributed by atoms with Crippen molar-refractivity contribution in [2.75, 3.05) is 13.2 Å². The largest absolute Gasteiger partial charge is 0.416 e. The van der Waals surface area contributed by atoms with E-state index in [0.717, 1.165) is 11.6 Å². The number of hydrogen-bond donors (Lipinski definition) is 1. The van der Waals surface area contributed by atoms with Crippen molar-refractivity contribution in [2.24, 2.45) is 0 Å². The number of rotatable bonds is 6. The lowest BCUT2D eigenvalue weighted by Crippen LogP contribution is -2.34. The van der Waals surface area contributed by atoms with Crippen LogP contribution in [-0.2, 0) is 23.9 Å². The molecule has 0 aliphatic carbocycles. The average molecular weight is 372 g/mol. The molecule has 1 amide bonds. The third kappa shape index (κ3) is 5.47. The molecule has 0 heterocycles. The number of benzene rings is 2. The van der Waals surface area contributed by atoms with Crippen LogP contribution in [0.5, 0.6) is 0 Å². The molecule has 0 spiro atoms. The van der Waals surface area contributed by atoms with Gasteiger partial charge in [-0.15, -0.1) is 0 Å². The highest BCUT2D eigenvalue weighted by Gasteiger charge is 2.33. The first kappa shape index (κ1) is 19.3. The van der Waals surface area contributed by atoms with Crippen LogP contribution in [0.25, 0.3) is 0 Å². The number of nitrogens with zero attached hydrogens (tertiary/aromatic N) is 1. The Kier molecular flexibility index (Phi) is 6.45. The van der Waals surface area contributed by atoms with Gasteiger partial charge in [0.2, 0.25) is 5.91 Å². The van der Waals surface area contributed by atoms with E-state index in [-0.39, 0.29) is 25.3 Å². The van der Waals surface area contributed by atoms with Gasteiger partial charge in [-0.1, -0.05) is 41.9 Å². The minimum atomic E-state index is -4.52. The molecule has 0 atom stereocenters. The Bertz CT molecular complexity index is 734. The molecule has 1 N–H and O–H groups in total. The van der Waals surface area contributed by atoms with Crippen LogP contribution in [-0.4, -0.2) is 29.1 Å². The Morgan fingerprint density at radius 2 is 1.84 bits per heavy atom. The summed E-state index contributed by atoms with van der Waals surface area (Å²) in [6.45, 7) is -0.0963. The summed E-state index contributed by atoms with van der Waals surface area (Å²) in [4.78, 5) is 13.8. The number of halogens is 4. The second-order valence-electron chi connectivity index (χ2n) is 5.50. The Hall–Kier alpha value is -2.05. The topological polar surface area (TPSA) is 40.5 Å². The third-order valence-corrected chi connectivity index (χ3v) is 3.88. The lowest BCUT2D eigenvalue weighted by atomic mass is 10.0. The summed E-state index contributed by atoms with van der Waals surface area (Å²) in [7, 11) is 0. The van der Waals surface area contributed by atoms with Crippen LogP contribution in [0.3, 0.4) is 0 Å². The fourth-order valence-electron chi connectivity index (χ4n) is 2.49. The first-order valence-corrected chi connectivity index (χ1v) is 7.97. The van der Waals surface area contributed by atoms with E-state index in [1.807, 2.05) is 0 Å². The minimum Gasteiger partial charge on any atom is -0.395 e. The van der Waals surface area contributed by atoms with Crippen molar-refractivity contribution in [2.45, 2.75) is 19.1 Å². The molecule has 0 aromatic heterocycles. The van der Waals surface area contributed by atoms with E-state index in [1.165, 1.54) is 23.1 Å². The molecule has 3 nitrogen and oxygen atoms in total. The quantitative estimate of drug-likeness (QED) is 0.836. The van der Waals surface area contributed by atoms with Crippen LogP contribution in [0.4, 0.5) is 13.2 Å². The maximum Gasteiger partial charge on any atom is 0.416 e. The molecule has 7 heteroatoms. The van der Waals surface area contributed by atoms with E-state index >= 15 is 0 Å². The van der Waals surface area contributed by atoms with Gasteiger partial charge >= 0.3 is 6.18 Å². The fraction of sp³-hybridized carbons (Fsp3) is 0.278. The smallest absolute Gasteiger partial charge is 0.395 e. The maximum atomic E-state index is 13.1. The van der Waals surface area contributed by atoms with Gasteiger partial charge in [-0.05, 0) is 29.3 Å². The van der Waals surface area contributed by atoms with Crippen molar-refractivity contribution in [1.29, 1.82) is 0 Å². The SMILES string of the molecule is O=C(Cc1ccccc1C(F)(F)F)N(CCO)Cc1cccc(Cl)c1. The average Bonchev–Trinajstić information content (AvgIpc) is 2.54. The molecule has 2 aromatic rings. The summed E-state index contributed by atoms with van der Waals surface area (Å²) in [6.07, 6.45) is -4.91. The second kappa shape index (κ2) is 8.36. The van der Waals surface area contributed by atoms with Crippen LogP contribution in [0.2, 0.25) is 5.02 Å². The van der Waals surface area contributed by atoms with Crippen LogP contribution < -0.4 is 0 Å². The van der Waals surface area contributed by atoms with Crippen LogP contribution in [0.1, 0.15) is 16.7 Å². The van der Waals surface area contributed by atoms with Gasteiger partial charge in [-0.2, -0.15) is 13.2 Å². The van der Waals surface area contributed by atoms with E-state index in [4.69, 9.17) is 16.7 Å². The van der Waals surface area contributed by atoms with Gasteiger partial charge in [0.25, 0.3) is 0 Å². The summed E-state index contributed by atoms with van der Waals surface area (Å²) in [6, 6.07) is 11.8. The Morgan fingerprint density at radius 3 is 2.48 bits per heavy atom. The van der Waals surface area contributed by atoms with Crippen LogP contribution >= 0.6 is 11.6 Å². The van der Waals surface area contributed by atoms with Gasteiger partial charge in [0.05, 0.1) is 18.6 Å². The molecule has 0 unspecified atom stereocenters. The number of aliphatic hydroxyl groups is 1. The number of amides is 1. The molecule has 0 aliphatic heterocycles. The Balaban J connectivity index is 2.19. The fourth-order valence-corrected chi connectivity index (χ4v) is 2.71. The van der Waals surface area contributed by atoms with Gasteiger partial charge in [0.1, 0.15) is 0 Å². The molecule has 0 saturated heterocycles. The molecule has 0 bridgehead atoms. The summed E-state index contributed by atoms with van der Waals surface area (Å²) in [5, 5.41) is 9.66. The van der Waals surface area contributed by atoms with Crippen molar-refractivity contribution in [3.8, 4) is 0 Å². The minimum absolute atomic E-state index is 0.0273. The third-order valence-electron chi connectivity index (χ3n) is 3.65. The molecule has 0 aliphatic rings. The molecule has 2 aromatic carbocycles. The van der Waals surface area contributed by atoms with E-state index < -0.39 is 24.1 Å². The first-order valence-electron chi connectivity index (χ1n) is 7.59. The highest BCUT2D eigenvalue weighted by atomic mass is 35.5. The lowest BCUT2D eigenvalue weighted by Gasteiger charge is -2.23. The summed E-state index contributed by atoms with van der Waals surface area (Å²) in [5.74, 6) is -0.495. The predicted molar refractivity (Wildman–Crippen MR) is 89.1 cm³/mol. The number of hydrogen-bond acceptors (Lipinski definition) is 2. The highest BCUT2D eigenvalue weighted by Crippen LogP contribution is 2.32. The highest BCUT2D eigenvalue weighted by molar-refractivity contribution is 6.30. The van der Waals surface area contributed by atoms with E-state index in [9.17, 15) is 18.0 Å². The molecule has 0 radical (unpaired) electrons. The van der Waals surface area contributed by atoms with E-state index in [2.05, 4.69) is 0 Å². The zero-order valence-electron chi connectivity index (χ0n) is 13.3. The standard InChI is InChI=1S/C18H17ClF3NO2/c19-15-6-3-4-13(10-15)12-23(8-9-24)17(25)11-14-5-1-2-7-16(14)18(20,21)22/h1-7,10,24H,8-9,11-12H2. The second-order valence-corrected chi connectivity index (χ2v) is 5.94. The monoisotopic (exact) mass is 371 g/mol. The van der Waals surface area contributed by atoms with Gasteiger partial charge in [-0.3, -0.25) is 4.79 Å². The molecule has 0 fully saturated rings. The summed E-state index contributed by atoms with van der Waals surface area (Å²) >= 11 is 5.91. The van der Waals surface area contributed by atoms with Crippen molar-refractivity contribution in [3.63, 3.8) is 0 Å². The molecule has 25 heavy (non-hydrogen) atoms. The molecule has 134 valence electrons. The van der Waals surface area contributed by atoms with Crippen molar-refractivity contribution in [1.82, 2.24) is 4.90 Å².